The topological polar surface area (TPSA) is 104 Å². The zero-order chi connectivity index (χ0) is 28.6. The van der Waals surface area contributed by atoms with Crippen LogP contribution in [0.25, 0.3) is 21.5 Å². The number of carbonyl (C=O) groups excluding carboxylic acids is 2. The van der Waals surface area contributed by atoms with Crippen molar-refractivity contribution in [2.75, 3.05) is 46.0 Å². The maximum Gasteiger partial charge on any atom is 0.412 e. The lowest BCUT2D eigenvalue weighted by Crippen LogP contribution is -2.50. The zero-order valence-corrected chi connectivity index (χ0v) is 24.5. The number of aliphatic hydroxyl groups is 1. The third-order valence-electron chi connectivity index (χ3n) is 8.11. The summed E-state index contributed by atoms with van der Waals surface area (Å²) in [5.74, 6) is 0.986. The molecule has 1 saturated heterocycles. The fourth-order valence-corrected chi connectivity index (χ4v) is 6.60. The number of piperazine rings is 1. The van der Waals surface area contributed by atoms with Gasteiger partial charge < -0.3 is 24.8 Å². The molecule has 1 aromatic carbocycles. The van der Waals surface area contributed by atoms with Crippen LogP contribution in [0.1, 0.15) is 44.6 Å². The van der Waals surface area contributed by atoms with E-state index in [0.29, 0.717) is 44.5 Å². The molecule has 1 aliphatic carbocycles. The lowest BCUT2D eigenvalue weighted by molar-refractivity contribution is -0.137. The minimum Gasteiger partial charge on any atom is -0.409 e. The molecule has 0 spiro atoms. The first-order valence-electron chi connectivity index (χ1n) is 14.7. The largest absolute Gasteiger partial charge is 0.412 e. The van der Waals surface area contributed by atoms with Crippen molar-refractivity contribution in [3.63, 3.8) is 0 Å². The van der Waals surface area contributed by atoms with Crippen LogP contribution in [0.2, 0.25) is 0 Å². The van der Waals surface area contributed by atoms with Gasteiger partial charge in [-0.05, 0) is 49.3 Å². The summed E-state index contributed by atoms with van der Waals surface area (Å²) in [5.41, 5.74) is 2.33. The second-order valence-corrected chi connectivity index (χ2v) is 11.9. The Balaban J connectivity index is 1.40. The van der Waals surface area contributed by atoms with E-state index in [1.165, 1.54) is 19.3 Å². The first-order valence-corrected chi connectivity index (χ1v) is 15.5. The zero-order valence-electron chi connectivity index (χ0n) is 23.7. The van der Waals surface area contributed by atoms with Crippen LogP contribution in [0.5, 0.6) is 5.75 Å². The lowest BCUT2D eigenvalue weighted by Gasteiger charge is -2.34. The number of hydrogen-bond donors (Lipinski definition) is 2. The van der Waals surface area contributed by atoms with Crippen molar-refractivity contribution in [3.05, 3.63) is 47.3 Å². The molecule has 0 radical (unpaired) electrons. The summed E-state index contributed by atoms with van der Waals surface area (Å²) in [6.07, 6.45) is 5.47. The Labute approximate surface area is 245 Å². The number of amides is 2. The number of thiophene rings is 1. The number of nitrogens with one attached hydrogen (secondary N) is 1. The van der Waals surface area contributed by atoms with E-state index in [4.69, 9.17) is 19.6 Å². The van der Waals surface area contributed by atoms with E-state index in [-0.39, 0.29) is 31.7 Å². The molecule has 3 aromatic rings. The number of para-hydroxylation sites is 1. The van der Waals surface area contributed by atoms with Gasteiger partial charge in [0.15, 0.2) is 0 Å². The Kier molecular flexibility index (Phi) is 10.2. The van der Waals surface area contributed by atoms with Crippen molar-refractivity contribution < 1.29 is 24.2 Å². The number of aliphatic hydroxyl groups excluding tert-OH is 1. The maximum atomic E-state index is 13.3. The van der Waals surface area contributed by atoms with Gasteiger partial charge in [0.25, 0.3) is 0 Å². The lowest BCUT2D eigenvalue weighted by atomic mass is 9.85. The molecule has 2 N–H and O–H groups in total. The number of rotatable bonds is 11. The number of pyridine rings is 1. The number of nitrogens with zero attached hydrogens (tertiary/aromatic N) is 3. The Bertz CT molecular complexity index is 1310. The van der Waals surface area contributed by atoms with E-state index in [1.54, 1.807) is 16.2 Å². The highest BCUT2D eigenvalue weighted by molar-refractivity contribution is 7.13. The highest BCUT2D eigenvalue weighted by Crippen LogP contribution is 2.38. The Hall–Kier alpha value is -3.05. The summed E-state index contributed by atoms with van der Waals surface area (Å²) in [7, 11) is 0. The molecular weight excluding hydrogens is 540 g/mol. The van der Waals surface area contributed by atoms with Crippen LogP contribution in [0.4, 0.5) is 4.79 Å². The standard InChI is InChI=1S/C31H40N4O5S/c1-22(23-8-3-2-4-9-23)32-31(38)40-30-24-10-5-6-11-26(24)33-29(27-12-7-19-41-27)25(30)20-34-13-14-35(28(37)21-34)15-17-39-18-16-36/h5-7,10-12,19,22-23,36H,2-4,8-9,13-18,20-21H2,1H3,(H,32,38)/t22-/m0/s1. The van der Waals surface area contributed by atoms with Crippen LogP contribution >= 0.6 is 11.3 Å². The molecule has 10 heteroatoms. The molecule has 1 atom stereocenters. The maximum absolute atomic E-state index is 13.3. The van der Waals surface area contributed by atoms with Crippen molar-refractivity contribution in [1.82, 2.24) is 20.1 Å². The molecule has 9 nitrogen and oxygen atoms in total. The summed E-state index contributed by atoms with van der Waals surface area (Å²) in [6.45, 7) is 5.13. The van der Waals surface area contributed by atoms with Crippen LogP contribution in [0.15, 0.2) is 41.8 Å². The van der Waals surface area contributed by atoms with Crippen molar-refractivity contribution in [1.29, 1.82) is 0 Å². The Morgan fingerprint density at radius 3 is 2.73 bits per heavy atom. The molecule has 1 saturated carbocycles. The SMILES string of the molecule is C[C@H](NC(=O)Oc1c(CN2CCN(CCOCCO)C(=O)C2)c(-c2cccs2)nc2ccccc12)C1CCCCC1. The molecule has 0 bridgehead atoms. The molecule has 3 heterocycles. The number of benzene rings is 1. The van der Waals surface area contributed by atoms with Gasteiger partial charge in [-0.3, -0.25) is 9.69 Å². The van der Waals surface area contributed by atoms with Crippen molar-refractivity contribution in [3.8, 4) is 16.3 Å². The van der Waals surface area contributed by atoms with E-state index in [0.717, 1.165) is 39.9 Å². The number of aromatic nitrogens is 1. The number of carbonyl (C=O) groups is 2. The van der Waals surface area contributed by atoms with Gasteiger partial charge in [0.2, 0.25) is 5.91 Å². The van der Waals surface area contributed by atoms with Crippen LogP contribution in [0.3, 0.4) is 0 Å². The summed E-state index contributed by atoms with van der Waals surface area (Å²) in [4.78, 5) is 36.2. The van der Waals surface area contributed by atoms with Gasteiger partial charge in [0.1, 0.15) is 5.75 Å². The molecule has 220 valence electrons. The van der Waals surface area contributed by atoms with Gasteiger partial charge in [-0.2, -0.15) is 0 Å². The summed E-state index contributed by atoms with van der Waals surface area (Å²) < 4.78 is 11.5. The first kappa shape index (κ1) is 29.4. The number of fused-ring (bicyclic) bond motifs is 1. The van der Waals surface area contributed by atoms with Crippen LogP contribution < -0.4 is 10.1 Å². The molecule has 5 rings (SSSR count). The van der Waals surface area contributed by atoms with Crippen LogP contribution in [-0.4, -0.2) is 83.9 Å². The van der Waals surface area contributed by atoms with Gasteiger partial charge in [0, 0.05) is 43.2 Å². The van der Waals surface area contributed by atoms with E-state index in [9.17, 15) is 9.59 Å². The second-order valence-electron chi connectivity index (χ2n) is 10.9. The summed E-state index contributed by atoms with van der Waals surface area (Å²) >= 11 is 1.59. The third-order valence-corrected chi connectivity index (χ3v) is 8.99. The average molecular weight is 581 g/mol. The fraction of sp³-hybridized carbons (Fsp3) is 0.516. The molecule has 2 aromatic heterocycles. The van der Waals surface area contributed by atoms with E-state index in [1.807, 2.05) is 41.8 Å². The van der Waals surface area contributed by atoms with Gasteiger partial charge >= 0.3 is 6.09 Å². The summed E-state index contributed by atoms with van der Waals surface area (Å²) in [6, 6.07) is 11.8. The monoisotopic (exact) mass is 580 g/mol. The van der Waals surface area contributed by atoms with Crippen molar-refractivity contribution in [2.45, 2.75) is 51.6 Å². The minimum absolute atomic E-state index is 0.0248. The highest BCUT2D eigenvalue weighted by Gasteiger charge is 2.29. The molecule has 2 amide bonds. The number of ether oxygens (including phenoxy) is 2. The van der Waals surface area contributed by atoms with Crippen LogP contribution in [-0.2, 0) is 16.1 Å². The van der Waals surface area contributed by atoms with E-state index < -0.39 is 6.09 Å². The van der Waals surface area contributed by atoms with Crippen molar-refractivity contribution >= 4 is 34.2 Å². The molecule has 1 aliphatic heterocycles. The molecule has 41 heavy (non-hydrogen) atoms. The number of hydrogen-bond acceptors (Lipinski definition) is 8. The summed E-state index contributed by atoms with van der Waals surface area (Å²) in [5, 5.41) is 14.8. The fourth-order valence-electron chi connectivity index (χ4n) is 5.86. The van der Waals surface area contributed by atoms with Gasteiger partial charge in [-0.15, -0.1) is 11.3 Å². The van der Waals surface area contributed by atoms with E-state index in [2.05, 4.69) is 17.1 Å². The molecule has 2 aliphatic rings. The van der Waals surface area contributed by atoms with Gasteiger partial charge in [-0.25, -0.2) is 9.78 Å². The third kappa shape index (κ3) is 7.43. The quantitative estimate of drug-likeness (QED) is 0.318. The second kappa shape index (κ2) is 14.2. The van der Waals surface area contributed by atoms with Gasteiger partial charge in [-0.1, -0.05) is 37.5 Å². The predicted octanol–water partition coefficient (Wildman–Crippen LogP) is 4.67. The normalized spacial score (nSPS) is 17.6. The van der Waals surface area contributed by atoms with Gasteiger partial charge in [0.05, 0.1) is 42.5 Å². The molecular formula is C31H40N4O5S. The smallest absolute Gasteiger partial charge is 0.409 e. The average Bonchev–Trinajstić information content (AvgIpc) is 3.53. The van der Waals surface area contributed by atoms with E-state index >= 15 is 0 Å². The first-order chi connectivity index (χ1) is 20.0. The molecule has 0 unspecified atom stereocenters. The molecule has 2 fully saturated rings. The Morgan fingerprint density at radius 2 is 1.98 bits per heavy atom. The minimum atomic E-state index is -0.457. The predicted molar refractivity (Wildman–Crippen MR) is 160 cm³/mol. The Morgan fingerprint density at radius 1 is 1.15 bits per heavy atom. The highest BCUT2D eigenvalue weighted by atomic mass is 32.1. The van der Waals surface area contributed by atoms with Crippen LogP contribution in [0, 0.1) is 5.92 Å². The van der Waals surface area contributed by atoms with Crippen molar-refractivity contribution in [2.24, 2.45) is 5.92 Å².